The summed E-state index contributed by atoms with van der Waals surface area (Å²) >= 11 is 0. The molecule has 0 aromatic carbocycles. The molecule has 1 unspecified atom stereocenters. The highest BCUT2D eigenvalue weighted by atomic mass is 16.5. The lowest BCUT2D eigenvalue weighted by Crippen LogP contribution is -2.43. The van der Waals surface area contributed by atoms with Crippen LogP contribution < -0.4 is 10.6 Å². The van der Waals surface area contributed by atoms with E-state index >= 15 is 0 Å². The van der Waals surface area contributed by atoms with Gasteiger partial charge in [-0.05, 0) is 38.6 Å². The van der Waals surface area contributed by atoms with Gasteiger partial charge in [0.2, 0.25) is 5.91 Å². The summed E-state index contributed by atoms with van der Waals surface area (Å²) in [6.07, 6.45) is 5.23. The largest absolute Gasteiger partial charge is 0.381 e. The quantitative estimate of drug-likeness (QED) is 0.641. The third-order valence-electron chi connectivity index (χ3n) is 2.74. The Labute approximate surface area is 98.1 Å². The van der Waals surface area contributed by atoms with Crippen LogP contribution in [-0.4, -0.2) is 38.3 Å². The third-order valence-corrected chi connectivity index (χ3v) is 2.74. The van der Waals surface area contributed by atoms with Gasteiger partial charge in [-0.3, -0.25) is 4.79 Å². The Kier molecular flexibility index (Phi) is 7.17. The molecule has 1 heterocycles. The maximum absolute atomic E-state index is 11.6. The minimum absolute atomic E-state index is 0.00803. The Balaban J connectivity index is 2.04. The van der Waals surface area contributed by atoms with Crippen molar-refractivity contribution < 1.29 is 9.53 Å². The number of rotatable bonds is 7. The van der Waals surface area contributed by atoms with Gasteiger partial charge in [0.1, 0.15) is 0 Å². The van der Waals surface area contributed by atoms with Gasteiger partial charge in [0.25, 0.3) is 0 Å². The molecule has 1 aliphatic heterocycles. The number of carbonyl (C=O) groups is 1. The summed E-state index contributed by atoms with van der Waals surface area (Å²) in [5.74, 6) is 0.159. The third kappa shape index (κ3) is 5.47. The predicted octanol–water partition coefficient (Wildman–Crippen LogP) is 1.06. The molecule has 1 atom stereocenters. The second kappa shape index (κ2) is 8.53. The van der Waals surface area contributed by atoms with Gasteiger partial charge in [-0.1, -0.05) is 6.92 Å². The normalized spacial score (nSPS) is 21.6. The highest BCUT2D eigenvalue weighted by Crippen LogP contribution is 2.05. The lowest BCUT2D eigenvalue weighted by atomic mass is 10.1. The zero-order valence-corrected chi connectivity index (χ0v) is 10.3. The number of nitrogens with one attached hydrogen (secondary N) is 2. The number of carbonyl (C=O) groups excluding carboxylic acids is 1. The summed E-state index contributed by atoms with van der Waals surface area (Å²) in [5.41, 5.74) is 0. The van der Waals surface area contributed by atoms with E-state index in [4.69, 9.17) is 4.74 Å². The molecule has 0 aromatic heterocycles. The average Bonchev–Trinajstić information content (AvgIpc) is 2.49. The first-order chi connectivity index (χ1) is 7.84. The first-order valence-electron chi connectivity index (χ1n) is 6.43. The van der Waals surface area contributed by atoms with Crippen molar-refractivity contribution in [2.45, 2.75) is 45.1 Å². The van der Waals surface area contributed by atoms with E-state index in [-0.39, 0.29) is 11.9 Å². The lowest BCUT2D eigenvalue weighted by Gasteiger charge is -2.14. The molecule has 0 radical (unpaired) electrons. The van der Waals surface area contributed by atoms with Crippen molar-refractivity contribution >= 4 is 5.91 Å². The molecular weight excluding hydrogens is 204 g/mol. The monoisotopic (exact) mass is 228 g/mol. The van der Waals surface area contributed by atoms with Crippen LogP contribution in [0, 0.1) is 0 Å². The molecule has 0 aliphatic carbocycles. The molecule has 0 bridgehead atoms. The van der Waals surface area contributed by atoms with Crippen LogP contribution >= 0.6 is 0 Å². The maximum atomic E-state index is 11.6. The van der Waals surface area contributed by atoms with E-state index in [0.717, 1.165) is 58.4 Å². The van der Waals surface area contributed by atoms with Gasteiger partial charge in [-0.15, -0.1) is 0 Å². The summed E-state index contributed by atoms with van der Waals surface area (Å²) in [5, 5.41) is 6.22. The summed E-state index contributed by atoms with van der Waals surface area (Å²) in [4.78, 5) is 11.6. The molecule has 16 heavy (non-hydrogen) atoms. The van der Waals surface area contributed by atoms with Gasteiger partial charge >= 0.3 is 0 Å². The molecular formula is C12H24N2O2. The fourth-order valence-electron chi connectivity index (χ4n) is 1.83. The predicted molar refractivity (Wildman–Crippen MR) is 64.4 cm³/mol. The van der Waals surface area contributed by atoms with Crippen LogP contribution in [-0.2, 0) is 9.53 Å². The van der Waals surface area contributed by atoms with Crippen LogP contribution in [0.4, 0.5) is 0 Å². The molecule has 1 rings (SSSR count). The van der Waals surface area contributed by atoms with E-state index in [1.54, 1.807) is 0 Å². The number of hydrogen-bond acceptors (Lipinski definition) is 3. The van der Waals surface area contributed by atoms with Crippen molar-refractivity contribution in [1.82, 2.24) is 10.6 Å². The van der Waals surface area contributed by atoms with Crippen molar-refractivity contribution in [2.24, 2.45) is 0 Å². The minimum Gasteiger partial charge on any atom is -0.381 e. The van der Waals surface area contributed by atoms with Crippen LogP contribution in [0.5, 0.6) is 0 Å². The van der Waals surface area contributed by atoms with E-state index in [9.17, 15) is 4.79 Å². The van der Waals surface area contributed by atoms with E-state index < -0.39 is 0 Å². The maximum Gasteiger partial charge on any atom is 0.237 e. The Morgan fingerprint density at radius 2 is 2.31 bits per heavy atom. The number of amides is 1. The van der Waals surface area contributed by atoms with Crippen molar-refractivity contribution in [3.05, 3.63) is 0 Å². The standard InChI is InChI=1S/C12H24N2O2/c1-2-9-16-10-5-8-13-11-6-3-4-7-14-12(11)15/h11,13H,2-10H2,1H3,(H,14,15). The Morgan fingerprint density at radius 3 is 3.12 bits per heavy atom. The van der Waals surface area contributed by atoms with Gasteiger partial charge in [0.05, 0.1) is 6.04 Å². The van der Waals surface area contributed by atoms with Gasteiger partial charge in [-0.25, -0.2) is 0 Å². The fraction of sp³-hybridized carbons (Fsp3) is 0.917. The summed E-state index contributed by atoms with van der Waals surface area (Å²) in [6, 6.07) is 0.00803. The molecule has 4 nitrogen and oxygen atoms in total. The molecule has 4 heteroatoms. The van der Waals surface area contributed by atoms with Gasteiger partial charge < -0.3 is 15.4 Å². The molecule has 2 N–H and O–H groups in total. The van der Waals surface area contributed by atoms with Crippen LogP contribution in [0.25, 0.3) is 0 Å². The molecule has 1 amide bonds. The Morgan fingerprint density at radius 1 is 1.44 bits per heavy atom. The molecule has 1 aliphatic rings. The van der Waals surface area contributed by atoms with Gasteiger partial charge in [0, 0.05) is 19.8 Å². The zero-order valence-electron chi connectivity index (χ0n) is 10.3. The van der Waals surface area contributed by atoms with Crippen LogP contribution in [0.15, 0.2) is 0 Å². The Hall–Kier alpha value is -0.610. The van der Waals surface area contributed by atoms with E-state index in [1.807, 2.05) is 0 Å². The van der Waals surface area contributed by atoms with Crippen LogP contribution in [0.2, 0.25) is 0 Å². The average molecular weight is 228 g/mol. The summed E-state index contributed by atoms with van der Waals surface area (Å²) < 4.78 is 5.38. The van der Waals surface area contributed by atoms with E-state index in [2.05, 4.69) is 17.6 Å². The van der Waals surface area contributed by atoms with Crippen molar-refractivity contribution in [3.8, 4) is 0 Å². The van der Waals surface area contributed by atoms with Gasteiger partial charge in [0.15, 0.2) is 0 Å². The molecule has 1 fully saturated rings. The minimum atomic E-state index is 0.00803. The van der Waals surface area contributed by atoms with Crippen molar-refractivity contribution in [1.29, 1.82) is 0 Å². The highest BCUT2D eigenvalue weighted by Gasteiger charge is 2.18. The fourth-order valence-corrected chi connectivity index (χ4v) is 1.83. The molecule has 1 saturated heterocycles. The lowest BCUT2D eigenvalue weighted by molar-refractivity contribution is -0.122. The summed E-state index contributed by atoms with van der Waals surface area (Å²) in [6.45, 7) is 5.42. The Bertz CT molecular complexity index is 197. The smallest absolute Gasteiger partial charge is 0.237 e. The van der Waals surface area contributed by atoms with Crippen molar-refractivity contribution in [2.75, 3.05) is 26.3 Å². The number of hydrogen-bond donors (Lipinski definition) is 2. The topological polar surface area (TPSA) is 50.4 Å². The van der Waals surface area contributed by atoms with Crippen LogP contribution in [0.3, 0.4) is 0 Å². The highest BCUT2D eigenvalue weighted by molar-refractivity contribution is 5.81. The second-order valence-corrected chi connectivity index (χ2v) is 4.26. The van der Waals surface area contributed by atoms with E-state index in [0.29, 0.717) is 0 Å². The molecule has 0 saturated carbocycles. The molecule has 94 valence electrons. The van der Waals surface area contributed by atoms with Crippen LogP contribution in [0.1, 0.15) is 39.0 Å². The van der Waals surface area contributed by atoms with Gasteiger partial charge in [-0.2, -0.15) is 0 Å². The first kappa shape index (κ1) is 13.5. The van der Waals surface area contributed by atoms with Crippen molar-refractivity contribution in [3.63, 3.8) is 0 Å². The SMILES string of the molecule is CCCOCCCNC1CCCCNC1=O. The molecule has 0 aromatic rings. The molecule has 0 spiro atoms. The van der Waals surface area contributed by atoms with E-state index in [1.165, 1.54) is 0 Å². The number of ether oxygens (including phenoxy) is 1. The first-order valence-corrected chi connectivity index (χ1v) is 6.43. The summed E-state index contributed by atoms with van der Waals surface area (Å²) in [7, 11) is 0. The zero-order chi connectivity index (χ0) is 11.6. The second-order valence-electron chi connectivity index (χ2n) is 4.26.